The zero-order valence-electron chi connectivity index (χ0n) is 14.7. The highest BCUT2D eigenvalue weighted by Crippen LogP contribution is 2.29. The number of halogens is 3. The second-order valence-electron chi connectivity index (χ2n) is 6.37. The summed E-state index contributed by atoms with van der Waals surface area (Å²) in [6.07, 6.45) is -3.22. The van der Waals surface area contributed by atoms with Crippen molar-refractivity contribution >= 4 is 11.9 Å². The van der Waals surface area contributed by atoms with Gasteiger partial charge in [-0.2, -0.15) is 13.2 Å². The van der Waals surface area contributed by atoms with Crippen LogP contribution in [0.15, 0.2) is 48.5 Å². The Bertz CT molecular complexity index is 784. The summed E-state index contributed by atoms with van der Waals surface area (Å²) in [5.41, 5.74) is 1.05. The normalized spacial score (nSPS) is 12.4. The van der Waals surface area contributed by atoms with Gasteiger partial charge in [0.25, 0.3) is 0 Å². The van der Waals surface area contributed by atoms with E-state index >= 15 is 0 Å². The zero-order valence-corrected chi connectivity index (χ0v) is 14.7. The van der Waals surface area contributed by atoms with Gasteiger partial charge in [0.15, 0.2) is 0 Å². The molecule has 0 bridgehead atoms. The van der Waals surface area contributed by atoms with Crippen molar-refractivity contribution in [3.05, 3.63) is 70.8 Å². The molecule has 144 valence electrons. The van der Waals surface area contributed by atoms with Crippen molar-refractivity contribution in [1.29, 1.82) is 0 Å². The molecule has 0 heterocycles. The van der Waals surface area contributed by atoms with Crippen molar-refractivity contribution in [2.24, 2.45) is 0 Å². The molecule has 2 N–H and O–H groups in total. The van der Waals surface area contributed by atoms with Gasteiger partial charge in [0.2, 0.25) is 5.91 Å². The molecule has 2 aromatic carbocycles. The zero-order chi connectivity index (χ0) is 20.0. The molecule has 0 aliphatic heterocycles. The first-order valence-electron chi connectivity index (χ1n) is 8.43. The molecule has 0 saturated heterocycles. The average molecular weight is 379 g/mol. The summed E-state index contributed by atoms with van der Waals surface area (Å²) in [4.78, 5) is 22.8. The van der Waals surface area contributed by atoms with E-state index in [4.69, 9.17) is 5.11 Å². The Morgan fingerprint density at radius 2 is 1.56 bits per heavy atom. The standard InChI is InChI=1S/C20H20F3NO3/c1-13(12-15-4-9-17(10-5-15)20(21,22)23)24-18(25)11-6-14-2-7-16(8-3-14)19(26)27/h2-5,7-10,13H,6,11-12H2,1H3,(H,24,25)(H,26,27). The van der Waals surface area contributed by atoms with E-state index in [0.717, 1.165) is 17.7 Å². The molecule has 0 aliphatic rings. The summed E-state index contributed by atoms with van der Waals surface area (Å²) >= 11 is 0. The fourth-order valence-electron chi connectivity index (χ4n) is 2.65. The number of hydrogen-bond acceptors (Lipinski definition) is 2. The predicted octanol–water partition coefficient (Wildman–Crippen LogP) is 4.08. The lowest BCUT2D eigenvalue weighted by atomic mass is 10.0. The predicted molar refractivity (Wildman–Crippen MR) is 94.5 cm³/mol. The molecule has 1 amide bonds. The minimum atomic E-state index is -4.36. The highest BCUT2D eigenvalue weighted by atomic mass is 19.4. The van der Waals surface area contributed by atoms with Crippen LogP contribution in [0, 0.1) is 0 Å². The average Bonchev–Trinajstić information content (AvgIpc) is 2.60. The topological polar surface area (TPSA) is 66.4 Å². The largest absolute Gasteiger partial charge is 0.478 e. The molecule has 0 aliphatic carbocycles. The molecule has 0 saturated carbocycles. The monoisotopic (exact) mass is 379 g/mol. The number of amides is 1. The van der Waals surface area contributed by atoms with E-state index in [2.05, 4.69) is 5.32 Å². The molecule has 4 nitrogen and oxygen atoms in total. The van der Waals surface area contributed by atoms with E-state index in [1.807, 2.05) is 0 Å². The number of hydrogen-bond donors (Lipinski definition) is 2. The number of carbonyl (C=O) groups excluding carboxylic acids is 1. The van der Waals surface area contributed by atoms with E-state index < -0.39 is 17.7 Å². The Hall–Kier alpha value is -2.83. The van der Waals surface area contributed by atoms with E-state index in [-0.39, 0.29) is 23.9 Å². The number of aromatic carboxylic acids is 1. The van der Waals surface area contributed by atoms with E-state index in [9.17, 15) is 22.8 Å². The smallest absolute Gasteiger partial charge is 0.416 e. The quantitative estimate of drug-likeness (QED) is 0.762. The Balaban J connectivity index is 1.80. The molecule has 0 fully saturated rings. The lowest BCUT2D eigenvalue weighted by Gasteiger charge is -2.15. The maximum Gasteiger partial charge on any atom is 0.416 e. The Morgan fingerprint density at radius 1 is 1.00 bits per heavy atom. The van der Waals surface area contributed by atoms with Crippen LogP contribution in [0.3, 0.4) is 0 Å². The minimum Gasteiger partial charge on any atom is -0.478 e. The maximum atomic E-state index is 12.6. The molecular formula is C20H20F3NO3. The highest BCUT2D eigenvalue weighted by molar-refractivity contribution is 5.87. The highest BCUT2D eigenvalue weighted by Gasteiger charge is 2.29. The first kappa shape index (κ1) is 20.5. The maximum absolute atomic E-state index is 12.6. The lowest BCUT2D eigenvalue weighted by molar-refractivity contribution is -0.137. The van der Waals surface area contributed by atoms with Gasteiger partial charge in [0.1, 0.15) is 0 Å². The number of alkyl halides is 3. The first-order valence-corrected chi connectivity index (χ1v) is 8.43. The molecule has 0 aromatic heterocycles. The Labute approximate surface area is 155 Å². The third kappa shape index (κ3) is 6.44. The van der Waals surface area contributed by atoms with Crippen LogP contribution in [0.1, 0.15) is 40.4 Å². The van der Waals surface area contributed by atoms with Crippen molar-refractivity contribution in [3.63, 3.8) is 0 Å². The van der Waals surface area contributed by atoms with Gasteiger partial charge in [-0.1, -0.05) is 24.3 Å². The molecule has 2 rings (SSSR count). The van der Waals surface area contributed by atoms with Crippen LogP contribution in [-0.2, 0) is 23.8 Å². The van der Waals surface area contributed by atoms with Crippen molar-refractivity contribution in [2.75, 3.05) is 0 Å². The molecule has 0 spiro atoms. The third-order valence-electron chi connectivity index (χ3n) is 4.07. The van der Waals surface area contributed by atoms with Gasteiger partial charge >= 0.3 is 12.1 Å². The number of carboxylic acid groups (broad SMARTS) is 1. The lowest BCUT2D eigenvalue weighted by Crippen LogP contribution is -2.34. The number of aryl methyl sites for hydroxylation is 1. The van der Waals surface area contributed by atoms with Gasteiger partial charge in [-0.25, -0.2) is 4.79 Å². The van der Waals surface area contributed by atoms with Crippen LogP contribution in [0.2, 0.25) is 0 Å². The summed E-state index contributed by atoms with van der Waals surface area (Å²) in [5, 5.41) is 11.7. The second kappa shape index (κ2) is 8.70. The van der Waals surface area contributed by atoms with E-state index in [1.54, 1.807) is 19.1 Å². The molecular weight excluding hydrogens is 359 g/mol. The molecule has 0 radical (unpaired) electrons. The fourth-order valence-corrected chi connectivity index (χ4v) is 2.65. The summed E-state index contributed by atoms with van der Waals surface area (Å²) < 4.78 is 37.7. The molecule has 7 heteroatoms. The van der Waals surface area contributed by atoms with Gasteiger partial charge in [-0.15, -0.1) is 0 Å². The SMILES string of the molecule is CC(Cc1ccc(C(F)(F)F)cc1)NC(=O)CCc1ccc(C(=O)O)cc1. The summed E-state index contributed by atoms with van der Waals surface area (Å²) in [6.45, 7) is 1.79. The van der Waals surface area contributed by atoms with Gasteiger partial charge in [0.05, 0.1) is 11.1 Å². The van der Waals surface area contributed by atoms with Crippen LogP contribution in [-0.4, -0.2) is 23.0 Å². The van der Waals surface area contributed by atoms with Gasteiger partial charge in [-0.3, -0.25) is 4.79 Å². The van der Waals surface area contributed by atoms with Gasteiger partial charge < -0.3 is 10.4 Å². The van der Waals surface area contributed by atoms with Crippen LogP contribution in [0.4, 0.5) is 13.2 Å². The van der Waals surface area contributed by atoms with Crippen LogP contribution >= 0.6 is 0 Å². The number of carboxylic acids is 1. The van der Waals surface area contributed by atoms with E-state index in [0.29, 0.717) is 18.4 Å². The van der Waals surface area contributed by atoms with Crippen LogP contribution in [0.25, 0.3) is 0 Å². The molecule has 1 unspecified atom stereocenters. The van der Waals surface area contributed by atoms with Crippen LogP contribution < -0.4 is 5.32 Å². The molecule has 27 heavy (non-hydrogen) atoms. The summed E-state index contributed by atoms with van der Waals surface area (Å²) in [5.74, 6) is -1.17. The second-order valence-corrected chi connectivity index (χ2v) is 6.37. The Kier molecular flexibility index (Phi) is 6.60. The van der Waals surface area contributed by atoms with E-state index in [1.165, 1.54) is 24.3 Å². The number of nitrogens with one attached hydrogen (secondary N) is 1. The summed E-state index contributed by atoms with van der Waals surface area (Å²) in [7, 11) is 0. The first-order chi connectivity index (χ1) is 12.6. The fraction of sp³-hybridized carbons (Fsp3) is 0.300. The number of benzene rings is 2. The number of rotatable bonds is 7. The van der Waals surface area contributed by atoms with Crippen molar-refractivity contribution < 1.29 is 27.9 Å². The van der Waals surface area contributed by atoms with Gasteiger partial charge in [0, 0.05) is 12.5 Å². The minimum absolute atomic E-state index is 0.170. The molecule has 1 atom stereocenters. The molecule has 2 aromatic rings. The van der Waals surface area contributed by atoms with Gasteiger partial charge in [-0.05, 0) is 55.2 Å². The number of carbonyl (C=O) groups is 2. The third-order valence-corrected chi connectivity index (χ3v) is 4.07. The van der Waals surface area contributed by atoms with Crippen molar-refractivity contribution in [1.82, 2.24) is 5.32 Å². The van der Waals surface area contributed by atoms with Crippen molar-refractivity contribution in [3.8, 4) is 0 Å². The van der Waals surface area contributed by atoms with Crippen molar-refractivity contribution in [2.45, 2.75) is 38.4 Å². The summed E-state index contributed by atoms with van der Waals surface area (Å²) in [6, 6.07) is 11.0. The Morgan fingerprint density at radius 3 is 2.07 bits per heavy atom. The van der Waals surface area contributed by atoms with Crippen LogP contribution in [0.5, 0.6) is 0 Å².